The van der Waals surface area contributed by atoms with Crippen LogP contribution >= 0.6 is 0 Å². The quantitative estimate of drug-likeness (QED) is 0.351. The van der Waals surface area contributed by atoms with Crippen LogP contribution in [0.4, 0.5) is 0 Å². The molecular formula is C30H32N4O3. The molecule has 1 unspecified atom stereocenters. The third-order valence-electron chi connectivity index (χ3n) is 7.06. The van der Waals surface area contributed by atoms with Crippen LogP contribution in [0.2, 0.25) is 0 Å². The summed E-state index contributed by atoms with van der Waals surface area (Å²) < 4.78 is 13.8. The van der Waals surface area contributed by atoms with Gasteiger partial charge in [0.1, 0.15) is 23.9 Å². The van der Waals surface area contributed by atoms with Gasteiger partial charge < -0.3 is 18.9 Å². The van der Waals surface area contributed by atoms with E-state index in [2.05, 4.69) is 52.6 Å². The zero-order chi connectivity index (χ0) is 26.1. The zero-order valence-corrected chi connectivity index (χ0v) is 22.0. The number of hydrogen-bond donors (Lipinski definition) is 0. The van der Waals surface area contributed by atoms with E-state index in [-0.39, 0.29) is 11.9 Å². The van der Waals surface area contributed by atoms with Gasteiger partial charge in [0.15, 0.2) is 0 Å². The van der Waals surface area contributed by atoms with E-state index in [0.29, 0.717) is 36.8 Å². The second-order valence-corrected chi connectivity index (χ2v) is 9.58. The Kier molecular flexibility index (Phi) is 6.70. The van der Waals surface area contributed by atoms with Crippen molar-refractivity contribution in [2.45, 2.75) is 40.3 Å². The second kappa shape index (κ2) is 10.1. The summed E-state index contributed by atoms with van der Waals surface area (Å²) in [6.45, 7) is 9.60. The van der Waals surface area contributed by atoms with Gasteiger partial charge in [0.25, 0.3) is 5.91 Å². The van der Waals surface area contributed by atoms with Gasteiger partial charge in [-0.25, -0.2) is 4.98 Å². The van der Waals surface area contributed by atoms with Gasteiger partial charge in [0.2, 0.25) is 0 Å². The number of methoxy groups -OCH3 is 1. The summed E-state index contributed by atoms with van der Waals surface area (Å²) in [6, 6.07) is 13.9. The van der Waals surface area contributed by atoms with Crippen molar-refractivity contribution in [2.24, 2.45) is 0 Å². The van der Waals surface area contributed by atoms with Crippen molar-refractivity contribution in [3.05, 3.63) is 94.8 Å². The van der Waals surface area contributed by atoms with Crippen LogP contribution in [-0.4, -0.2) is 45.6 Å². The molecule has 0 radical (unpaired) electrons. The van der Waals surface area contributed by atoms with Crippen molar-refractivity contribution in [3.63, 3.8) is 0 Å². The number of aryl methyl sites for hydroxylation is 3. The minimum absolute atomic E-state index is 0.0691. The van der Waals surface area contributed by atoms with Crippen molar-refractivity contribution >= 4 is 5.91 Å². The molecule has 3 heterocycles. The molecule has 190 valence electrons. The molecule has 0 aliphatic carbocycles. The van der Waals surface area contributed by atoms with Crippen LogP contribution in [0.1, 0.15) is 51.5 Å². The van der Waals surface area contributed by atoms with E-state index in [1.165, 1.54) is 0 Å². The summed E-state index contributed by atoms with van der Waals surface area (Å²) in [5.41, 5.74) is 6.66. The van der Waals surface area contributed by atoms with Gasteiger partial charge >= 0.3 is 0 Å². The van der Waals surface area contributed by atoms with Crippen molar-refractivity contribution in [2.75, 3.05) is 20.3 Å². The highest BCUT2D eigenvalue weighted by Crippen LogP contribution is 2.40. The number of fused-ring (bicyclic) bond motifs is 1. The molecule has 7 heteroatoms. The van der Waals surface area contributed by atoms with E-state index >= 15 is 0 Å². The van der Waals surface area contributed by atoms with Crippen LogP contribution in [0.5, 0.6) is 11.5 Å². The summed E-state index contributed by atoms with van der Waals surface area (Å²) in [4.78, 5) is 24.9. The van der Waals surface area contributed by atoms with Crippen molar-refractivity contribution in [1.82, 2.24) is 19.4 Å². The van der Waals surface area contributed by atoms with E-state index in [1.54, 1.807) is 25.6 Å². The third kappa shape index (κ3) is 4.81. The predicted molar refractivity (Wildman–Crippen MR) is 143 cm³/mol. The summed E-state index contributed by atoms with van der Waals surface area (Å²) >= 11 is 0. The lowest BCUT2D eigenvalue weighted by Crippen LogP contribution is -2.35. The van der Waals surface area contributed by atoms with E-state index in [9.17, 15) is 4.79 Å². The number of hydrogen-bond acceptors (Lipinski definition) is 5. The molecule has 4 aromatic rings. The Balaban J connectivity index is 1.63. The Morgan fingerprint density at radius 1 is 1.00 bits per heavy atom. The molecule has 1 aliphatic rings. The van der Waals surface area contributed by atoms with Gasteiger partial charge in [-0.2, -0.15) is 0 Å². The molecule has 7 nitrogen and oxygen atoms in total. The number of aromatic nitrogens is 3. The maximum Gasteiger partial charge on any atom is 0.258 e. The van der Waals surface area contributed by atoms with Gasteiger partial charge in [-0.05, 0) is 62.6 Å². The molecule has 2 aromatic carbocycles. The Hall–Kier alpha value is -4.13. The molecular weight excluding hydrogens is 464 g/mol. The molecule has 0 fully saturated rings. The summed E-state index contributed by atoms with van der Waals surface area (Å²) in [6.07, 6.45) is 5.46. The Morgan fingerprint density at radius 2 is 1.81 bits per heavy atom. The Bertz CT molecular complexity index is 1460. The molecule has 0 bridgehead atoms. The lowest BCUT2D eigenvalue weighted by molar-refractivity contribution is 0.0684. The highest BCUT2D eigenvalue weighted by molar-refractivity contribution is 6.00. The van der Waals surface area contributed by atoms with Gasteiger partial charge in [-0.15, -0.1) is 0 Å². The van der Waals surface area contributed by atoms with Gasteiger partial charge in [0.05, 0.1) is 31.0 Å². The fourth-order valence-corrected chi connectivity index (χ4v) is 4.90. The maximum atomic E-state index is 14.1. The number of pyridine rings is 1. The first-order valence-corrected chi connectivity index (χ1v) is 12.5. The third-order valence-corrected chi connectivity index (χ3v) is 7.06. The zero-order valence-electron chi connectivity index (χ0n) is 22.0. The normalized spacial score (nSPS) is 14.1. The minimum atomic E-state index is -0.249. The number of carbonyl (C=O) groups excluding carboxylic acids is 1. The minimum Gasteiger partial charge on any atom is -0.497 e. The second-order valence-electron chi connectivity index (χ2n) is 9.58. The SMILES string of the molecule is COc1ccnc(C(C)N2CCOc3c(cc(Cn4ccnc4C)cc3-c3cc(C)ccc3C)C2=O)c1. The van der Waals surface area contributed by atoms with Crippen LogP contribution in [0.15, 0.2) is 61.1 Å². The fourth-order valence-electron chi connectivity index (χ4n) is 4.90. The number of imidazole rings is 1. The van der Waals surface area contributed by atoms with Crippen molar-refractivity contribution in [3.8, 4) is 22.6 Å². The first-order valence-electron chi connectivity index (χ1n) is 12.5. The lowest BCUT2D eigenvalue weighted by atomic mass is 9.93. The van der Waals surface area contributed by atoms with Gasteiger partial charge in [-0.3, -0.25) is 9.78 Å². The van der Waals surface area contributed by atoms with E-state index in [0.717, 1.165) is 39.3 Å². The Morgan fingerprint density at radius 3 is 2.57 bits per heavy atom. The molecule has 0 saturated carbocycles. The fraction of sp³-hybridized carbons (Fsp3) is 0.300. The first kappa shape index (κ1) is 24.6. The van der Waals surface area contributed by atoms with Crippen LogP contribution in [0.3, 0.4) is 0 Å². The molecule has 1 aliphatic heterocycles. The molecule has 0 N–H and O–H groups in total. The molecule has 5 rings (SSSR count). The van der Waals surface area contributed by atoms with Crippen LogP contribution < -0.4 is 9.47 Å². The van der Waals surface area contributed by atoms with Gasteiger partial charge in [-0.1, -0.05) is 23.8 Å². The van der Waals surface area contributed by atoms with E-state index < -0.39 is 0 Å². The summed E-state index contributed by atoms with van der Waals surface area (Å²) in [5, 5.41) is 0. The molecule has 0 saturated heterocycles. The molecule has 37 heavy (non-hydrogen) atoms. The molecule has 1 amide bonds. The topological polar surface area (TPSA) is 69.5 Å². The van der Waals surface area contributed by atoms with Crippen molar-refractivity contribution in [1.29, 1.82) is 0 Å². The van der Waals surface area contributed by atoms with E-state index in [4.69, 9.17) is 9.47 Å². The summed E-state index contributed by atoms with van der Waals surface area (Å²) in [5.74, 6) is 2.20. The average molecular weight is 497 g/mol. The van der Waals surface area contributed by atoms with Crippen LogP contribution in [0.25, 0.3) is 11.1 Å². The highest BCUT2D eigenvalue weighted by Gasteiger charge is 2.31. The number of carbonyl (C=O) groups is 1. The number of nitrogens with zero attached hydrogens (tertiary/aromatic N) is 4. The number of amides is 1. The van der Waals surface area contributed by atoms with Crippen LogP contribution in [-0.2, 0) is 6.54 Å². The number of ether oxygens (including phenoxy) is 2. The smallest absolute Gasteiger partial charge is 0.258 e. The maximum absolute atomic E-state index is 14.1. The molecule has 0 spiro atoms. The van der Waals surface area contributed by atoms with Crippen molar-refractivity contribution < 1.29 is 14.3 Å². The molecule has 2 aromatic heterocycles. The predicted octanol–water partition coefficient (Wildman–Crippen LogP) is 5.52. The average Bonchev–Trinajstić information content (AvgIpc) is 3.23. The number of benzene rings is 2. The van der Waals surface area contributed by atoms with E-state index in [1.807, 2.05) is 37.1 Å². The lowest BCUT2D eigenvalue weighted by Gasteiger charge is -2.27. The Labute approximate surface area is 217 Å². The largest absolute Gasteiger partial charge is 0.497 e. The standard InChI is InChI=1S/C30H32N4O3/c1-19-6-7-20(2)25(14-19)26-15-23(18-33-11-10-31-22(33)4)16-27-29(26)37-13-12-34(30(27)35)21(3)28-17-24(36-5)8-9-32-28/h6-11,14-17,21H,12-13,18H2,1-5H3. The highest BCUT2D eigenvalue weighted by atomic mass is 16.5. The first-order chi connectivity index (χ1) is 17.9. The van der Waals surface area contributed by atoms with Gasteiger partial charge in [0, 0.05) is 36.8 Å². The molecule has 1 atom stereocenters. The van der Waals surface area contributed by atoms with Crippen LogP contribution in [0, 0.1) is 20.8 Å². The monoisotopic (exact) mass is 496 g/mol. The summed E-state index contributed by atoms with van der Waals surface area (Å²) in [7, 11) is 1.63. The number of rotatable bonds is 6.